The highest BCUT2D eigenvalue weighted by molar-refractivity contribution is 7.89. The Morgan fingerprint density at radius 2 is 2.19 bits per heavy atom. The van der Waals surface area contributed by atoms with Gasteiger partial charge in [0.2, 0.25) is 0 Å². The molecular weight excluding hydrogens is 232 g/mol. The molecular formula is C8H10N4O3S. The van der Waals surface area contributed by atoms with Crippen LogP contribution in [0.2, 0.25) is 0 Å². The van der Waals surface area contributed by atoms with Crippen LogP contribution in [0, 0.1) is 0 Å². The number of aliphatic hydroxyl groups excluding tert-OH is 1. The van der Waals surface area contributed by atoms with Gasteiger partial charge in [-0.05, 0) is 6.92 Å². The number of imidazole rings is 2. The van der Waals surface area contributed by atoms with Crippen molar-refractivity contribution >= 4 is 10.0 Å². The lowest BCUT2D eigenvalue weighted by Gasteiger charge is -2.03. The van der Waals surface area contributed by atoms with E-state index in [2.05, 4.69) is 9.97 Å². The zero-order valence-electron chi connectivity index (χ0n) is 8.42. The summed E-state index contributed by atoms with van der Waals surface area (Å²) in [6, 6.07) is 0. The van der Waals surface area contributed by atoms with Crippen molar-refractivity contribution in [2.75, 3.05) is 0 Å². The van der Waals surface area contributed by atoms with Gasteiger partial charge in [-0.15, -0.1) is 0 Å². The minimum Gasteiger partial charge on any atom is -0.374 e. The second kappa shape index (κ2) is 3.72. The van der Waals surface area contributed by atoms with Crippen molar-refractivity contribution in [3.63, 3.8) is 0 Å². The molecule has 2 aromatic rings. The third-order valence-corrected chi connectivity index (χ3v) is 3.54. The molecule has 2 heterocycles. The fourth-order valence-electron chi connectivity index (χ4n) is 1.15. The van der Waals surface area contributed by atoms with E-state index in [9.17, 15) is 13.5 Å². The Morgan fingerprint density at radius 3 is 2.69 bits per heavy atom. The summed E-state index contributed by atoms with van der Waals surface area (Å²) in [5, 5.41) is 9.11. The molecule has 0 saturated heterocycles. The fraction of sp³-hybridized carbons (Fsp3) is 0.250. The molecule has 1 N–H and O–H groups in total. The van der Waals surface area contributed by atoms with Gasteiger partial charge in [-0.1, -0.05) is 0 Å². The molecule has 0 aliphatic carbocycles. The van der Waals surface area contributed by atoms with Crippen LogP contribution >= 0.6 is 0 Å². The maximum absolute atomic E-state index is 11.9. The Labute approximate surface area is 92.1 Å². The summed E-state index contributed by atoms with van der Waals surface area (Å²) in [5.41, 5.74) is 0. The summed E-state index contributed by atoms with van der Waals surface area (Å²) < 4.78 is 26.0. The lowest BCUT2D eigenvalue weighted by Crippen LogP contribution is -2.11. The molecule has 86 valence electrons. The molecule has 0 saturated carbocycles. The van der Waals surface area contributed by atoms with E-state index >= 15 is 0 Å². The minimum atomic E-state index is -3.70. The molecule has 0 amide bonds. The van der Waals surface area contributed by atoms with Crippen LogP contribution in [0.15, 0.2) is 36.3 Å². The molecule has 0 spiro atoms. The quantitative estimate of drug-likeness (QED) is 0.806. The molecule has 1 unspecified atom stereocenters. The Kier molecular flexibility index (Phi) is 2.52. The van der Waals surface area contributed by atoms with Crippen LogP contribution in [0.5, 0.6) is 0 Å². The van der Waals surface area contributed by atoms with Gasteiger partial charge in [-0.25, -0.2) is 13.9 Å². The van der Waals surface area contributed by atoms with E-state index in [0.29, 0.717) is 0 Å². The van der Waals surface area contributed by atoms with Gasteiger partial charge in [0.05, 0.1) is 6.33 Å². The zero-order valence-corrected chi connectivity index (χ0v) is 9.24. The van der Waals surface area contributed by atoms with Crippen molar-refractivity contribution < 1.29 is 13.5 Å². The second-order valence-corrected chi connectivity index (χ2v) is 4.98. The molecule has 0 radical (unpaired) electrons. The van der Waals surface area contributed by atoms with Crippen molar-refractivity contribution in [2.24, 2.45) is 0 Å². The van der Waals surface area contributed by atoms with Gasteiger partial charge in [0.25, 0.3) is 10.0 Å². The topological polar surface area (TPSA) is 90.0 Å². The normalized spacial score (nSPS) is 13.9. The average molecular weight is 242 g/mol. The predicted octanol–water partition coefficient (Wildman–Crippen LogP) is -0.173. The summed E-state index contributed by atoms with van der Waals surface area (Å²) in [6.45, 7) is 1.51. The molecule has 7 nitrogen and oxygen atoms in total. The predicted molar refractivity (Wildman–Crippen MR) is 54.0 cm³/mol. The highest BCUT2D eigenvalue weighted by Gasteiger charge is 2.19. The molecule has 0 aliphatic rings. The van der Waals surface area contributed by atoms with Gasteiger partial charge >= 0.3 is 0 Å². The zero-order chi connectivity index (χ0) is 11.8. The first kappa shape index (κ1) is 10.8. The largest absolute Gasteiger partial charge is 0.374 e. The lowest BCUT2D eigenvalue weighted by atomic mass is 10.6. The number of hydrogen-bond acceptors (Lipinski definition) is 5. The summed E-state index contributed by atoms with van der Waals surface area (Å²) >= 11 is 0. The van der Waals surface area contributed by atoms with Crippen molar-refractivity contribution in [2.45, 2.75) is 18.2 Å². The molecule has 16 heavy (non-hydrogen) atoms. The van der Waals surface area contributed by atoms with Gasteiger partial charge in [-0.3, -0.25) is 0 Å². The molecule has 0 fully saturated rings. The molecule has 0 aliphatic heterocycles. The third-order valence-electron chi connectivity index (χ3n) is 2.03. The van der Waals surface area contributed by atoms with Crippen molar-refractivity contribution in [3.05, 3.63) is 31.2 Å². The lowest BCUT2D eigenvalue weighted by molar-refractivity contribution is 0.124. The number of aromatic nitrogens is 4. The van der Waals surface area contributed by atoms with Gasteiger partial charge < -0.3 is 9.67 Å². The van der Waals surface area contributed by atoms with Crippen LogP contribution < -0.4 is 0 Å². The highest BCUT2D eigenvalue weighted by atomic mass is 32.2. The first-order chi connectivity index (χ1) is 7.51. The SMILES string of the molecule is CC(O)n1cnc(S(=O)(=O)n2ccnc2)c1. The molecule has 2 aromatic heterocycles. The second-order valence-electron chi connectivity index (χ2n) is 3.19. The number of nitrogens with zero attached hydrogens (tertiary/aromatic N) is 4. The Hall–Kier alpha value is -1.67. The molecule has 2 rings (SSSR count). The van der Waals surface area contributed by atoms with E-state index in [4.69, 9.17) is 0 Å². The number of rotatable bonds is 3. The van der Waals surface area contributed by atoms with Crippen LogP contribution in [-0.2, 0) is 10.0 Å². The summed E-state index contributed by atoms with van der Waals surface area (Å²) in [7, 11) is -3.70. The first-order valence-corrected chi connectivity index (χ1v) is 5.91. The molecule has 0 aromatic carbocycles. The van der Waals surface area contributed by atoms with E-state index in [-0.39, 0.29) is 5.03 Å². The molecule has 8 heteroatoms. The summed E-state index contributed by atoms with van der Waals surface area (Å²) in [5.74, 6) is 0. The average Bonchev–Trinajstić information content (AvgIpc) is 2.90. The number of aliphatic hydroxyl groups is 1. The summed E-state index contributed by atoms with van der Waals surface area (Å²) in [6.07, 6.45) is 5.56. The van der Waals surface area contributed by atoms with E-state index in [1.54, 1.807) is 0 Å². The Morgan fingerprint density at radius 1 is 1.44 bits per heavy atom. The van der Waals surface area contributed by atoms with E-state index in [1.807, 2.05) is 0 Å². The number of hydrogen-bond donors (Lipinski definition) is 1. The van der Waals surface area contributed by atoms with Crippen LogP contribution in [0.3, 0.4) is 0 Å². The minimum absolute atomic E-state index is 0.133. The van der Waals surface area contributed by atoms with Crippen LogP contribution in [0.4, 0.5) is 0 Å². The smallest absolute Gasteiger partial charge is 0.287 e. The van der Waals surface area contributed by atoms with Crippen LogP contribution in [0.25, 0.3) is 0 Å². The van der Waals surface area contributed by atoms with E-state index in [1.165, 1.54) is 42.7 Å². The Bertz CT molecular complexity index is 570. The maximum atomic E-state index is 11.9. The van der Waals surface area contributed by atoms with Crippen molar-refractivity contribution in [1.82, 2.24) is 18.5 Å². The summed E-state index contributed by atoms with van der Waals surface area (Å²) in [4.78, 5) is 7.39. The van der Waals surface area contributed by atoms with Crippen molar-refractivity contribution in [1.29, 1.82) is 0 Å². The monoisotopic (exact) mass is 242 g/mol. The van der Waals surface area contributed by atoms with Crippen LogP contribution in [0.1, 0.15) is 13.2 Å². The molecule has 1 atom stereocenters. The van der Waals surface area contributed by atoms with Crippen molar-refractivity contribution in [3.8, 4) is 0 Å². The highest BCUT2D eigenvalue weighted by Crippen LogP contribution is 2.12. The van der Waals surface area contributed by atoms with Gasteiger partial charge in [0.1, 0.15) is 12.6 Å². The Balaban J connectivity index is 2.45. The first-order valence-electron chi connectivity index (χ1n) is 4.47. The molecule has 0 bridgehead atoms. The maximum Gasteiger partial charge on any atom is 0.287 e. The van der Waals surface area contributed by atoms with Crippen LogP contribution in [-0.4, -0.2) is 32.0 Å². The standard InChI is InChI=1S/C8H10N4O3S/c1-7(13)11-4-8(10-6-11)16(14,15)12-3-2-9-5-12/h2-7,13H,1H3. The van der Waals surface area contributed by atoms with Gasteiger partial charge in [0.15, 0.2) is 5.03 Å². The van der Waals surface area contributed by atoms with E-state index < -0.39 is 16.3 Å². The third kappa shape index (κ3) is 1.72. The fourth-order valence-corrected chi connectivity index (χ4v) is 2.20. The van der Waals surface area contributed by atoms with Gasteiger partial charge in [0, 0.05) is 18.6 Å². The van der Waals surface area contributed by atoms with E-state index in [0.717, 1.165) is 3.97 Å². The van der Waals surface area contributed by atoms with Gasteiger partial charge in [-0.2, -0.15) is 8.42 Å².